The van der Waals surface area contributed by atoms with E-state index in [1.807, 2.05) is 61.5 Å². The molecule has 30 heavy (non-hydrogen) atoms. The van der Waals surface area contributed by atoms with E-state index in [4.69, 9.17) is 9.47 Å². The van der Waals surface area contributed by atoms with Crippen molar-refractivity contribution in [1.82, 2.24) is 25.1 Å². The molecule has 8 heteroatoms. The maximum Gasteiger partial charge on any atom is 0.258 e. The van der Waals surface area contributed by atoms with E-state index in [-0.39, 0.29) is 19.1 Å². The van der Waals surface area contributed by atoms with E-state index in [2.05, 4.69) is 20.6 Å². The summed E-state index contributed by atoms with van der Waals surface area (Å²) in [6.45, 7) is 2.56. The Morgan fingerprint density at radius 3 is 2.57 bits per heavy atom. The van der Waals surface area contributed by atoms with Crippen LogP contribution in [0.25, 0.3) is 17.0 Å². The lowest BCUT2D eigenvalue weighted by molar-refractivity contribution is -0.123. The predicted octanol–water partition coefficient (Wildman–Crippen LogP) is 2.67. The molecule has 2 heterocycles. The van der Waals surface area contributed by atoms with Gasteiger partial charge in [0.15, 0.2) is 18.1 Å². The second-order valence-electron chi connectivity index (χ2n) is 6.63. The molecule has 0 radical (unpaired) electrons. The van der Waals surface area contributed by atoms with Gasteiger partial charge in [-0.15, -0.1) is 15.3 Å². The number of nitrogens with zero attached hydrogens (tertiary/aromatic N) is 4. The van der Waals surface area contributed by atoms with Gasteiger partial charge in [-0.3, -0.25) is 4.79 Å². The number of carbonyl (C=O) groups is 1. The fourth-order valence-electron chi connectivity index (χ4n) is 2.80. The molecule has 8 nitrogen and oxygen atoms in total. The first-order valence-electron chi connectivity index (χ1n) is 9.56. The lowest BCUT2D eigenvalue weighted by Crippen LogP contribution is -2.32. The van der Waals surface area contributed by atoms with Gasteiger partial charge in [-0.1, -0.05) is 48.0 Å². The molecule has 0 unspecified atom stereocenters. The van der Waals surface area contributed by atoms with Crippen LogP contribution >= 0.6 is 0 Å². The summed E-state index contributed by atoms with van der Waals surface area (Å²) in [4.78, 5) is 11.9. The molecule has 2 aromatic heterocycles. The van der Waals surface area contributed by atoms with Crippen LogP contribution in [0.4, 0.5) is 0 Å². The van der Waals surface area contributed by atoms with Crippen molar-refractivity contribution < 1.29 is 14.3 Å². The van der Waals surface area contributed by atoms with Crippen molar-refractivity contribution in [3.05, 3.63) is 72.3 Å². The summed E-state index contributed by atoms with van der Waals surface area (Å²) in [5, 5.41) is 15.5. The number of hydrogen-bond donors (Lipinski definition) is 1. The van der Waals surface area contributed by atoms with Gasteiger partial charge in [0.05, 0.1) is 6.54 Å². The minimum atomic E-state index is -0.215. The van der Waals surface area contributed by atoms with E-state index >= 15 is 0 Å². The van der Waals surface area contributed by atoms with Gasteiger partial charge in [0.25, 0.3) is 5.91 Å². The zero-order chi connectivity index (χ0) is 20.8. The topological polar surface area (TPSA) is 90.6 Å². The first-order valence-corrected chi connectivity index (χ1v) is 9.56. The van der Waals surface area contributed by atoms with Gasteiger partial charge in [0.1, 0.15) is 12.4 Å². The second kappa shape index (κ2) is 9.04. The lowest BCUT2D eigenvalue weighted by Gasteiger charge is -2.09. The number of hydrogen-bond acceptors (Lipinski definition) is 6. The number of ether oxygens (including phenoxy) is 2. The van der Waals surface area contributed by atoms with E-state index in [1.54, 1.807) is 16.6 Å². The summed E-state index contributed by atoms with van der Waals surface area (Å²) in [5.41, 5.74) is 2.68. The van der Waals surface area contributed by atoms with Crippen LogP contribution in [0.3, 0.4) is 0 Å². The number of aryl methyl sites for hydroxylation is 1. The molecule has 1 N–H and O–H groups in total. The van der Waals surface area contributed by atoms with Crippen LogP contribution < -0.4 is 14.8 Å². The summed E-state index contributed by atoms with van der Waals surface area (Å²) < 4.78 is 12.7. The molecule has 0 fully saturated rings. The van der Waals surface area contributed by atoms with Gasteiger partial charge < -0.3 is 14.8 Å². The molecule has 4 rings (SSSR count). The highest BCUT2D eigenvalue weighted by atomic mass is 16.5. The molecule has 1 amide bonds. The Bertz CT molecular complexity index is 1130. The molecule has 0 saturated carbocycles. The number of benzene rings is 2. The van der Waals surface area contributed by atoms with Crippen molar-refractivity contribution in [3.8, 4) is 23.0 Å². The van der Waals surface area contributed by atoms with Crippen molar-refractivity contribution in [2.75, 3.05) is 19.8 Å². The maximum atomic E-state index is 11.9. The van der Waals surface area contributed by atoms with Crippen LogP contribution in [0.1, 0.15) is 5.56 Å². The van der Waals surface area contributed by atoms with Crippen LogP contribution in [0.5, 0.6) is 11.6 Å². The first-order chi connectivity index (χ1) is 14.7. The summed E-state index contributed by atoms with van der Waals surface area (Å²) in [6.07, 6.45) is 0. The molecule has 152 valence electrons. The van der Waals surface area contributed by atoms with Crippen molar-refractivity contribution in [2.45, 2.75) is 6.92 Å². The highest BCUT2D eigenvalue weighted by Gasteiger charge is 2.10. The third-order valence-electron chi connectivity index (χ3n) is 4.34. The molecule has 2 aromatic carbocycles. The van der Waals surface area contributed by atoms with Crippen LogP contribution in [-0.2, 0) is 4.79 Å². The van der Waals surface area contributed by atoms with E-state index in [0.29, 0.717) is 29.6 Å². The largest absolute Gasteiger partial charge is 0.484 e. The van der Waals surface area contributed by atoms with Crippen LogP contribution in [0, 0.1) is 6.92 Å². The third-order valence-corrected chi connectivity index (χ3v) is 4.34. The zero-order valence-electron chi connectivity index (χ0n) is 16.5. The standard InChI is InChI=1S/C22H21N5O3/c1-16-7-9-18(10-8-16)30-15-20(28)23-13-14-29-21-12-11-19-24-25-22(27(19)26-21)17-5-3-2-4-6-17/h2-12H,13-15H2,1H3,(H,23,28). The van der Waals surface area contributed by atoms with Gasteiger partial charge in [-0.05, 0) is 25.1 Å². The third kappa shape index (κ3) is 4.72. The number of aromatic nitrogens is 4. The van der Waals surface area contributed by atoms with E-state index in [9.17, 15) is 4.79 Å². The predicted molar refractivity (Wildman–Crippen MR) is 111 cm³/mol. The summed E-state index contributed by atoms with van der Waals surface area (Å²) >= 11 is 0. The lowest BCUT2D eigenvalue weighted by atomic mass is 10.2. The molecule has 0 aliphatic rings. The maximum absolute atomic E-state index is 11.9. The summed E-state index contributed by atoms with van der Waals surface area (Å²) in [5.74, 6) is 1.50. The van der Waals surface area contributed by atoms with Gasteiger partial charge in [-0.2, -0.15) is 4.52 Å². The minimum Gasteiger partial charge on any atom is -0.484 e. The molecular weight excluding hydrogens is 382 g/mol. The van der Waals surface area contributed by atoms with E-state index in [1.165, 1.54) is 0 Å². The smallest absolute Gasteiger partial charge is 0.258 e. The Morgan fingerprint density at radius 2 is 1.77 bits per heavy atom. The van der Waals surface area contributed by atoms with Crippen molar-refractivity contribution in [3.63, 3.8) is 0 Å². The molecule has 0 spiro atoms. The average molecular weight is 403 g/mol. The van der Waals surface area contributed by atoms with Gasteiger partial charge in [0, 0.05) is 11.6 Å². The Labute approximate surface area is 173 Å². The zero-order valence-corrected chi connectivity index (χ0v) is 16.5. The second-order valence-corrected chi connectivity index (χ2v) is 6.63. The molecule has 4 aromatic rings. The number of amides is 1. The normalized spacial score (nSPS) is 10.7. The van der Waals surface area contributed by atoms with Gasteiger partial charge in [0.2, 0.25) is 5.88 Å². The summed E-state index contributed by atoms with van der Waals surface area (Å²) in [7, 11) is 0. The van der Waals surface area contributed by atoms with Crippen molar-refractivity contribution in [1.29, 1.82) is 0 Å². The number of fused-ring (bicyclic) bond motifs is 1. The molecule has 0 bridgehead atoms. The first kappa shape index (κ1) is 19.4. The Kier molecular flexibility index (Phi) is 5.84. The monoisotopic (exact) mass is 403 g/mol. The molecule has 0 aliphatic heterocycles. The van der Waals surface area contributed by atoms with Gasteiger partial charge >= 0.3 is 0 Å². The van der Waals surface area contributed by atoms with Crippen molar-refractivity contribution >= 4 is 11.6 Å². The number of carbonyl (C=O) groups excluding carboxylic acids is 1. The molecule has 0 saturated heterocycles. The SMILES string of the molecule is Cc1ccc(OCC(=O)NCCOc2ccc3nnc(-c4ccccc4)n3n2)cc1. The molecule has 0 atom stereocenters. The number of rotatable bonds is 8. The Hall–Kier alpha value is -3.94. The van der Waals surface area contributed by atoms with E-state index in [0.717, 1.165) is 11.1 Å². The Balaban J connectivity index is 1.27. The van der Waals surface area contributed by atoms with Crippen LogP contribution in [0.2, 0.25) is 0 Å². The molecular formula is C22H21N5O3. The fourth-order valence-corrected chi connectivity index (χ4v) is 2.80. The summed E-state index contributed by atoms with van der Waals surface area (Å²) in [6, 6.07) is 20.7. The Morgan fingerprint density at radius 1 is 0.967 bits per heavy atom. The average Bonchev–Trinajstić information content (AvgIpc) is 3.20. The van der Waals surface area contributed by atoms with Crippen molar-refractivity contribution in [2.24, 2.45) is 0 Å². The van der Waals surface area contributed by atoms with Gasteiger partial charge in [-0.25, -0.2) is 0 Å². The molecule has 0 aliphatic carbocycles. The highest BCUT2D eigenvalue weighted by molar-refractivity contribution is 5.77. The quantitative estimate of drug-likeness (QED) is 0.455. The van der Waals surface area contributed by atoms with Crippen LogP contribution in [0.15, 0.2) is 66.7 Å². The van der Waals surface area contributed by atoms with E-state index < -0.39 is 0 Å². The minimum absolute atomic E-state index is 0.0472. The number of nitrogens with one attached hydrogen (secondary N) is 1. The fraction of sp³-hybridized carbons (Fsp3) is 0.182. The highest BCUT2D eigenvalue weighted by Crippen LogP contribution is 2.18. The van der Waals surface area contributed by atoms with Crippen LogP contribution in [-0.4, -0.2) is 45.5 Å².